The van der Waals surface area contributed by atoms with Crippen LogP contribution < -0.4 is 10.1 Å². The quantitative estimate of drug-likeness (QED) is 0.718. The van der Waals surface area contributed by atoms with Crippen molar-refractivity contribution >= 4 is 17.2 Å². The Morgan fingerprint density at radius 2 is 1.92 bits per heavy atom. The monoisotopic (exact) mass is 363 g/mol. The lowest BCUT2D eigenvalue weighted by molar-refractivity contribution is 0.0946. The van der Waals surface area contributed by atoms with Gasteiger partial charge in [0.25, 0.3) is 5.91 Å². The smallest absolute Gasteiger partial charge is 0.271 e. The van der Waals surface area contributed by atoms with Crippen molar-refractivity contribution in [3.05, 3.63) is 70.7 Å². The van der Waals surface area contributed by atoms with Crippen molar-refractivity contribution in [3.8, 4) is 22.4 Å². The van der Waals surface area contributed by atoms with Gasteiger partial charge in [-0.05, 0) is 48.9 Å². The highest BCUT2D eigenvalue weighted by Gasteiger charge is 2.12. The third-order valence-electron chi connectivity index (χ3n) is 3.69. The molecule has 0 aliphatic carbocycles. The number of thiazole rings is 1. The number of benzene rings is 2. The number of ether oxygens (including phenoxy) is 1. The minimum Gasteiger partial charge on any atom is -0.494 e. The number of amides is 1. The third-order valence-corrected chi connectivity index (χ3v) is 4.58. The molecule has 2 aromatic carbocycles. The number of carbonyl (C=O) groups is 1. The molecule has 5 nitrogen and oxygen atoms in total. The van der Waals surface area contributed by atoms with E-state index in [0.29, 0.717) is 24.4 Å². The van der Waals surface area contributed by atoms with E-state index in [0.717, 1.165) is 21.9 Å². The van der Waals surface area contributed by atoms with Crippen LogP contribution in [0.5, 0.6) is 5.75 Å². The molecule has 0 aliphatic heterocycles. The maximum Gasteiger partial charge on any atom is 0.271 e. The zero-order valence-electron chi connectivity index (χ0n) is 14.2. The summed E-state index contributed by atoms with van der Waals surface area (Å²) in [6.45, 7) is 2.96. The van der Waals surface area contributed by atoms with E-state index in [1.54, 1.807) is 17.5 Å². The summed E-state index contributed by atoms with van der Waals surface area (Å²) in [5, 5.41) is 14.2. The van der Waals surface area contributed by atoms with Crippen LogP contribution in [0.3, 0.4) is 0 Å². The van der Waals surface area contributed by atoms with Gasteiger partial charge in [-0.15, -0.1) is 11.3 Å². The number of hydrogen-bond donors (Lipinski definition) is 1. The molecule has 1 aromatic heterocycles. The van der Waals surface area contributed by atoms with Gasteiger partial charge in [0.15, 0.2) is 0 Å². The molecule has 0 aliphatic rings. The number of nitriles is 1. The summed E-state index contributed by atoms with van der Waals surface area (Å²) in [5.41, 5.74) is 2.87. The SMILES string of the molecule is CCOc1ccc(-c2nc(C(=O)NCc3ccc(C#N)cc3)cs2)cc1. The van der Waals surface area contributed by atoms with Gasteiger partial charge in [-0.3, -0.25) is 4.79 Å². The van der Waals surface area contributed by atoms with Crippen LogP contribution in [0, 0.1) is 11.3 Å². The Balaban J connectivity index is 1.62. The van der Waals surface area contributed by atoms with Gasteiger partial charge in [0, 0.05) is 17.5 Å². The van der Waals surface area contributed by atoms with Crippen LogP contribution in [0.15, 0.2) is 53.9 Å². The molecule has 26 heavy (non-hydrogen) atoms. The maximum atomic E-state index is 12.3. The lowest BCUT2D eigenvalue weighted by Crippen LogP contribution is -2.23. The summed E-state index contributed by atoms with van der Waals surface area (Å²) in [4.78, 5) is 16.7. The fourth-order valence-corrected chi connectivity index (χ4v) is 3.15. The number of nitrogens with zero attached hydrogens (tertiary/aromatic N) is 2. The molecule has 0 unspecified atom stereocenters. The second kappa shape index (κ2) is 8.28. The second-order valence-corrected chi connectivity index (χ2v) is 6.34. The van der Waals surface area contributed by atoms with E-state index in [9.17, 15) is 4.79 Å². The first kappa shape index (κ1) is 17.6. The average Bonchev–Trinajstić information content (AvgIpc) is 3.18. The fraction of sp³-hybridized carbons (Fsp3) is 0.150. The number of rotatable bonds is 6. The van der Waals surface area contributed by atoms with E-state index in [1.165, 1.54) is 11.3 Å². The van der Waals surface area contributed by atoms with E-state index in [-0.39, 0.29) is 5.91 Å². The van der Waals surface area contributed by atoms with Crippen LogP contribution in [0.25, 0.3) is 10.6 Å². The highest BCUT2D eigenvalue weighted by Crippen LogP contribution is 2.25. The molecule has 1 heterocycles. The highest BCUT2D eigenvalue weighted by molar-refractivity contribution is 7.13. The van der Waals surface area contributed by atoms with Crippen LogP contribution in [0.4, 0.5) is 0 Å². The lowest BCUT2D eigenvalue weighted by atomic mass is 10.1. The third kappa shape index (κ3) is 4.26. The topological polar surface area (TPSA) is 75.0 Å². The number of carbonyl (C=O) groups excluding carboxylic acids is 1. The van der Waals surface area contributed by atoms with Gasteiger partial charge in [-0.25, -0.2) is 4.98 Å². The predicted octanol–water partition coefficient (Wildman–Crippen LogP) is 4.01. The van der Waals surface area contributed by atoms with Crippen LogP contribution in [-0.2, 0) is 6.54 Å². The summed E-state index contributed by atoms with van der Waals surface area (Å²) in [7, 11) is 0. The summed E-state index contributed by atoms with van der Waals surface area (Å²) in [6, 6.07) is 16.8. The van der Waals surface area contributed by atoms with Crippen LogP contribution in [0.1, 0.15) is 28.5 Å². The van der Waals surface area contributed by atoms with E-state index >= 15 is 0 Å². The van der Waals surface area contributed by atoms with Gasteiger partial charge in [0.2, 0.25) is 0 Å². The van der Waals surface area contributed by atoms with Gasteiger partial charge in [0.1, 0.15) is 16.5 Å². The molecule has 1 N–H and O–H groups in total. The first-order valence-corrected chi connectivity index (χ1v) is 9.03. The zero-order valence-corrected chi connectivity index (χ0v) is 15.0. The first-order chi connectivity index (χ1) is 12.7. The summed E-state index contributed by atoms with van der Waals surface area (Å²) in [6.07, 6.45) is 0. The number of aromatic nitrogens is 1. The van der Waals surface area contributed by atoms with E-state index in [1.807, 2.05) is 43.3 Å². The number of hydrogen-bond acceptors (Lipinski definition) is 5. The summed E-state index contributed by atoms with van der Waals surface area (Å²) in [5.74, 6) is 0.594. The summed E-state index contributed by atoms with van der Waals surface area (Å²) < 4.78 is 5.43. The van der Waals surface area contributed by atoms with Gasteiger partial charge >= 0.3 is 0 Å². The zero-order chi connectivity index (χ0) is 18.4. The predicted molar refractivity (Wildman–Crippen MR) is 101 cm³/mol. The van der Waals surface area contributed by atoms with Crippen molar-refractivity contribution in [2.24, 2.45) is 0 Å². The van der Waals surface area contributed by atoms with Crippen molar-refractivity contribution in [1.29, 1.82) is 5.26 Å². The van der Waals surface area contributed by atoms with Gasteiger partial charge in [0.05, 0.1) is 18.2 Å². The van der Waals surface area contributed by atoms with Gasteiger partial charge < -0.3 is 10.1 Å². The second-order valence-electron chi connectivity index (χ2n) is 5.49. The molecule has 0 atom stereocenters. The van der Waals surface area contributed by atoms with Crippen molar-refractivity contribution < 1.29 is 9.53 Å². The highest BCUT2D eigenvalue weighted by atomic mass is 32.1. The Morgan fingerprint density at radius 3 is 2.58 bits per heavy atom. The van der Waals surface area contributed by atoms with Crippen molar-refractivity contribution in [2.45, 2.75) is 13.5 Å². The average molecular weight is 363 g/mol. The number of nitrogens with one attached hydrogen (secondary N) is 1. The fourth-order valence-electron chi connectivity index (χ4n) is 2.34. The molecular weight excluding hydrogens is 346 g/mol. The van der Waals surface area contributed by atoms with Gasteiger partial charge in [-0.2, -0.15) is 5.26 Å². The Morgan fingerprint density at radius 1 is 1.19 bits per heavy atom. The molecule has 130 valence electrons. The Bertz CT molecular complexity index is 925. The first-order valence-electron chi connectivity index (χ1n) is 8.15. The van der Waals surface area contributed by atoms with Crippen LogP contribution in [0.2, 0.25) is 0 Å². The van der Waals surface area contributed by atoms with E-state index in [2.05, 4.69) is 16.4 Å². The molecule has 6 heteroatoms. The van der Waals surface area contributed by atoms with Crippen molar-refractivity contribution in [2.75, 3.05) is 6.61 Å². The molecule has 3 aromatic rings. The van der Waals surface area contributed by atoms with Crippen LogP contribution >= 0.6 is 11.3 Å². The van der Waals surface area contributed by atoms with Crippen molar-refractivity contribution in [3.63, 3.8) is 0 Å². The van der Waals surface area contributed by atoms with E-state index in [4.69, 9.17) is 10.00 Å². The minimum atomic E-state index is -0.220. The molecule has 1 amide bonds. The molecule has 0 spiro atoms. The standard InChI is InChI=1S/C20H17N3O2S/c1-2-25-17-9-7-16(8-10-17)20-23-18(13-26-20)19(24)22-12-15-5-3-14(11-21)4-6-15/h3-10,13H,2,12H2,1H3,(H,22,24). The van der Waals surface area contributed by atoms with Gasteiger partial charge in [-0.1, -0.05) is 12.1 Å². The molecule has 3 rings (SSSR count). The normalized spacial score (nSPS) is 10.2. The largest absolute Gasteiger partial charge is 0.494 e. The minimum absolute atomic E-state index is 0.220. The molecule has 0 bridgehead atoms. The Kier molecular flexibility index (Phi) is 5.62. The Labute approximate surface area is 155 Å². The lowest BCUT2D eigenvalue weighted by Gasteiger charge is -2.04. The molecule has 0 saturated carbocycles. The Hall–Kier alpha value is -3.17. The molecular formula is C20H17N3O2S. The van der Waals surface area contributed by atoms with E-state index < -0.39 is 0 Å². The van der Waals surface area contributed by atoms with Crippen molar-refractivity contribution in [1.82, 2.24) is 10.3 Å². The summed E-state index contributed by atoms with van der Waals surface area (Å²) >= 11 is 1.43. The molecule has 0 fully saturated rings. The molecule has 0 radical (unpaired) electrons. The molecule has 0 saturated heterocycles. The maximum absolute atomic E-state index is 12.3. The van der Waals surface area contributed by atoms with Crippen LogP contribution in [-0.4, -0.2) is 17.5 Å².